The summed E-state index contributed by atoms with van der Waals surface area (Å²) < 4.78 is 6.34. The van der Waals surface area contributed by atoms with Crippen LogP contribution in [0.25, 0.3) is 32.8 Å². The minimum absolute atomic E-state index is 0.0974. The number of likely N-dealkylation sites (tertiary alicyclic amines) is 3. The number of carbonyl (C=O) groups is 1. The lowest BCUT2D eigenvalue weighted by Gasteiger charge is -2.43. The van der Waals surface area contributed by atoms with Gasteiger partial charge in [-0.25, -0.2) is 0 Å². The van der Waals surface area contributed by atoms with E-state index < -0.39 is 0 Å². The maximum atomic E-state index is 12.8. The minimum atomic E-state index is -0.384. The summed E-state index contributed by atoms with van der Waals surface area (Å²) >= 11 is 0. The first-order valence-electron chi connectivity index (χ1n) is 16.2. The van der Waals surface area contributed by atoms with E-state index in [0.717, 1.165) is 77.5 Å². The Morgan fingerprint density at radius 3 is 2.51 bits per heavy atom. The maximum absolute atomic E-state index is 12.8. The van der Waals surface area contributed by atoms with Crippen LogP contribution in [0.5, 0.6) is 11.8 Å². The van der Waals surface area contributed by atoms with Crippen LogP contribution >= 0.6 is 0 Å². The normalized spacial score (nSPS) is 24.1. The number of phenolic OH excluding ortho intramolecular Hbond substituents is 1. The van der Waals surface area contributed by atoms with Crippen molar-refractivity contribution in [3.63, 3.8) is 0 Å². The number of aromatic nitrogens is 2. The monoisotopic (exact) mass is 608 g/mol. The number of nitrogens with zero attached hydrogens (tertiary/aromatic N) is 6. The van der Waals surface area contributed by atoms with Crippen LogP contribution in [0.4, 0.5) is 5.82 Å². The quantitative estimate of drug-likeness (QED) is 0.326. The van der Waals surface area contributed by atoms with Gasteiger partial charge in [-0.1, -0.05) is 30.3 Å². The summed E-state index contributed by atoms with van der Waals surface area (Å²) in [7, 11) is 2.14. The average molecular weight is 609 g/mol. The molecular formula is C35H40N6O4. The molecule has 4 aliphatic heterocycles. The first kappa shape index (κ1) is 28.5. The van der Waals surface area contributed by atoms with Crippen LogP contribution in [0.15, 0.2) is 54.6 Å². The van der Waals surface area contributed by atoms with Gasteiger partial charge in [0.05, 0.1) is 18.2 Å². The molecule has 4 fully saturated rings. The van der Waals surface area contributed by atoms with E-state index in [1.54, 1.807) is 11.0 Å². The number of phenols is 1. The summed E-state index contributed by atoms with van der Waals surface area (Å²) in [4.78, 5) is 31.6. The van der Waals surface area contributed by atoms with Crippen LogP contribution in [0.3, 0.4) is 0 Å². The molecule has 45 heavy (non-hydrogen) atoms. The van der Waals surface area contributed by atoms with Gasteiger partial charge in [0.25, 0.3) is 0 Å². The summed E-state index contributed by atoms with van der Waals surface area (Å²) in [5, 5.41) is 23.2. The number of fused-ring (bicyclic) bond motifs is 4. The molecule has 10 heteroatoms. The van der Waals surface area contributed by atoms with E-state index in [0.29, 0.717) is 38.3 Å². The highest BCUT2D eigenvalue weighted by molar-refractivity contribution is 6.01. The Morgan fingerprint density at radius 2 is 1.76 bits per heavy atom. The Labute approximate surface area is 262 Å². The van der Waals surface area contributed by atoms with Crippen molar-refractivity contribution in [1.82, 2.24) is 24.7 Å². The lowest BCUT2D eigenvalue weighted by molar-refractivity contribution is -0.142. The lowest BCUT2D eigenvalue weighted by atomic mass is 9.97. The Kier molecular flexibility index (Phi) is 7.23. The lowest BCUT2D eigenvalue weighted by Crippen LogP contribution is -2.59. The van der Waals surface area contributed by atoms with E-state index >= 15 is 0 Å². The molecular weight excluding hydrogens is 568 g/mol. The first-order valence-corrected chi connectivity index (χ1v) is 16.2. The van der Waals surface area contributed by atoms with Crippen LogP contribution < -0.4 is 9.64 Å². The fourth-order valence-corrected chi connectivity index (χ4v) is 7.83. The zero-order chi connectivity index (χ0) is 30.7. The molecule has 0 saturated carbocycles. The molecule has 3 atom stereocenters. The van der Waals surface area contributed by atoms with Gasteiger partial charge >= 0.3 is 6.01 Å². The van der Waals surface area contributed by atoms with Crippen molar-refractivity contribution in [2.24, 2.45) is 0 Å². The van der Waals surface area contributed by atoms with E-state index in [-0.39, 0.29) is 29.8 Å². The molecule has 3 aromatic carbocycles. The molecule has 0 unspecified atom stereocenters. The number of aliphatic hydroxyl groups excluding tert-OH is 1. The Bertz CT molecular complexity index is 1750. The van der Waals surface area contributed by atoms with Crippen LogP contribution in [0, 0.1) is 0 Å². The highest BCUT2D eigenvalue weighted by atomic mass is 16.5. The van der Waals surface area contributed by atoms with Gasteiger partial charge in [0.2, 0.25) is 5.91 Å². The zero-order valence-corrected chi connectivity index (χ0v) is 25.7. The Morgan fingerprint density at radius 1 is 0.956 bits per heavy atom. The van der Waals surface area contributed by atoms with E-state index in [4.69, 9.17) is 14.7 Å². The van der Waals surface area contributed by atoms with Crippen molar-refractivity contribution in [2.45, 2.75) is 49.9 Å². The number of β-amino-alcohol motifs (C(OH)–C–C–N with tert-alkyl or cyclic N) is 1. The third-order valence-corrected chi connectivity index (χ3v) is 10.3. The van der Waals surface area contributed by atoms with Crippen molar-refractivity contribution in [3.05, 3.63) is 54.6 Å². The molecule has 10 nitrogen and oxygen atoms in total. The fraction of sp³-hybridized carbons (Fsp3) is 0.457. The van der Waals surface area contributed by atoms with Gasteiger partial charge in [-0.15, -0.1) is 0 Å². The van der Waals surface area contributed by atoms with E-state index in [1.807, 2.05) is 24.3 Å². The van der Waals surface area contributed by atoms with Crippen LogP contribution in [0.2, 0.25) is 0 Å². The summed E-state index contributed by atoms with van der Waals surface area (Å²) in [5.41, 5.74) is 2.74. The van der Waals surface area contributed by atoms with Gasteiger partial charge in [0, 0.05) is 49.7 Å². The molecule has 4 saturated heterocycles. The molecule has 2 bridgehead atoms. The summed E-state index contributed by atoms with van der Waals surface area (Å²) in [5.74, 6) is 1.22. The number of rotatable bonds is 7. The van der Waals surface area contributed by atoms with Crippen molar-refractivity contribution in [3.8, 4) is 22.9 Å². The van der Waals surface area contributed by atoms with Crippen molar-refractivity contribution in [2.75, 3.05) is 57.8 Å². The van der Waals surface area contributed by atoms with Crippen molar-refractivity contribution < 1.29 is 19.7 Å². The van der Waals surface area contributed by atoms with Crippen LogP contribution in [0.1, 0.15) is 25.7 Å². The van der Waals surface area contributed by atoms with Crippen molar-refractivity contribution in [1.29, 1.82) is 0 Å². The molecule has 8 rings (SSSR count). The predicted molar refractivity (Wildman–Crippen MR) is 174 cm³/mol. The van der Waals surface area contributed by atoms with Gasteiger partial charge in [-0.05, 0) is 85.4 Å². The molecule has 0 radical (unpaired) electrons. The highest BCUT2D eigenvalue weighted by Gasteiger charge is 2.42. The van der Waals surface area contributed by atoms with Crippen LogP contribution in [-0.2, 0) is 4.79 Å². The number of anilines is 1. The van der Waals surface area contributed by atoms with E-state index in [2.05, 4.69) is 46.0 Å². The van der Waals surface area contributed by atoms with Gasteiger partial charge < -0.3 is 29.6 Å². The van der Waals surface area contributed by atoms with Gasteiger partial charge in [0.15, 0.2) is 0 Å². The zero-order valence-electron chi connectivity index (χ0n) is 25.7. The van der Waals surface area contributed by atoms with Crippen molar-refractivity contribution >= 4 is 33.4 Å². The van der Waals surface area contributed by atoms with Gasteiger partial charge in [-0.2, -0.15) is 9.97 Å². The van der Waals surface area contributed by atoms with E-state index in [9.17, 15) is 15.0 Å². The number of hydrogen-bond acceptors (Lipinski definition) is 9. The first-order chi connectivity index (χ1) is 21.9. The molecule has 1 amide bonds. The van der Waals surface area contributed by atoms with Gasteiger partial charge in [-0.3, -0.25) is 9.69 Å². The number of benzene rings is 3. The summed E-state index contributed by atoms with van der Waals surface area (Å²) in [6, 6.07) is 19.2. The third kappa shape index (κ3) is 5.34. The number of hydrogen-bond donors (Lipinski definition) is 2. The molecule has 1 aromatic heterocycles. The van der Waals surface area contributed by atoms with Gasteiger partial charge in [0.1, 0.15) is 18.2 Å². The number of aliphatic hydroxyl groups is 1. The largest absolute Gasteiger partial charge is 0.508 e. The topological polar surface area (TPSA) is 106 Å². The molecule has 4 aliphatic rings. The SMILES string of the molecule is CN1CCC[C@H]1COc1nc(N2[C@@H]3CC[C@H]2CN(CC(=O)N2CC(O)C2)C3)c2ccc(-c3cc(O)cc4ccccc34)cc2n1. The predicted octanol–water partition coefficient (Wildman–Crippen LogP) is 3.48. The molecule has 5 heterocycles. The number of amides is 1. The Hall–Kier alpha value is -3.99. The molecule has 2 N–H and O–H groups in total. The van der Waals surface area contributed by atoms with E-state index in [1.165, 1.54) is 6.42 Å². The number of likely N-dealkylation sites (N-methyl/N-ethyl adjacent to an activating group) is 1. The molecule has 4 aromatic rings. The second-order valence-electron chi connectivity index (χ2n) is 13.3. The van der Waals surface area contributed by atoms with Crippen LogP contribution in [-0.4, -0.2) is 118 Å². The molecule has 0 spiro atoms. The summed E-state index contributed by atoms with van der Waals surface area (Å²) in [6.45, 7) is 4.49. The fourth-order valence-electron chi connectivity index (χ4n) is 7.83. The second-order valence-corrected chi connectivity index (χ2v) is 13.3. The number of piperazine rings is 1. The number of ether oxygens (including phenoxy) is 1. The third-order valence-electron chi connectivity index (χ3n) is 10.3. The molecule has 234 valence electrons. The smallest absolute Gasteiger partial charge is 0.319 e. The standard InChI is InChI=1S/C35H40N6O4/c1-38-12-4-6-26(38)21-45-35-36-32-14-23(31-15-27(42)13-22-5-2-3-7-29(22)31)8-11-30(32)34(37-35)41-24-9-10-25(41)17-39(16-24)20-33(44)40-18-28(43)19-40/h2-3,5,7-8,11,13-15,24-26,28,42-43H,4,6,9-10,12,16-21H2,1H3/t24-,25+,26-/m0/s1. The number of carbonyl (C=O) groups excluding carboxylic acids is 1. The highest BCUT2D eigenvalue weighted by Crippen LogP contribution is 2.40. The maximum Gasteiger partial charge on any atom is 0.319 e. The second kappa shape index (κ2) is 11.4. The summed E-state index contributed by atoms with van der Waals surface area (Å²) in [6.07, 6.45) is 3.97. The number of aromatic hydroxyl groups is 1. The molecule has 0 aliphatic carbocycles. The Balaban J connectivity index is 1.14. The average Bonchev–Trinajstić information content (AvgIpc) is 3.55. The minimum Gasteiger partial charge on any atom is -0.508 e.